The Labute approximate surface area is 171 Å². The van der Waals surface area contributed by atoms with Crippen molar-refractivity contribution in [2.45, 2.75) is 23.8 Å². The number of sulfone groups is 1. The lowest BCUT2D eigenvalue weighted by Gasteiger charge is -2.25. The standard InChI is InChI=1S/C18H20BrN5O3S/c1-28(26,27)14-6-4-12(5-7-14)21-17-9-16(23-8-2-3-13(23)11-25)22-18-15(19)10-20-24(17)18/h4-7,9-10,13,21,25H,2-3,8,11H2,1H3/t13-/m1/s1. The van der Waals surface area contributed by atoms with Crippen molar-refractivity contribution in [3.8, 4) is 0 Å². The van der Waals surface area contributed by atoms with Crippen LogP contribution in [0.25, 0.3) is 5.65 Å². The summed E-state index contributed by atoms with van der Waals surface area (Å²) in [7, 11) is -3.24. The van der Waals surface area contributed by atoms with E-state index in [9.17, 15) is 13.5 Å². The highest BCUT2D eigenvalue weighted by atomic mass is 79.9. The molecule has 0 saturated carbocycles. The van der Waals surface area contributed by atoms with E-state index in [2.05, 4.69) is 31.2 Å². The maximum absolute atomic E-state index is 11.7. The molecule has 1 fully saturated rings. The molecule has 0 spiro atoms. The lowest BCUT2D eigenvalue weighted by Crippen LogP contribution is -2.32. The smallest absolute Gasteiger partial charge is 0.175 e. The highest BCUT2D eigenvalue weighted by Crippen LogP contribution is 2.30. The van der Waals surface area contributed by atoms with Gasteiger partial charge in [0.05, 0.1) is 28.2 Å². The minimum atomic E-state index is -3.24. The Bertz CT molecular complexity index is 1110. The number of rotatable bonds is 5. The first kappa shape index (κ1) is 19.2. The van der Waals surface area contributed by atoms with Gasteiger partial charge < -0.3 is 15.3 Å². The number of hydrogen-bond acceptors (Lipinski definition) is 7. The Morgan fingerprint density at radius 2 is 2.07 bits per heavy atom. The van der Waals surface area contributed by atoms with Crippen molar-refractivity contribution >= 4 is 48.7 Å². The number of aliphatic hydroxyl groups is 1. The Balaban J connectivity index is 1.73. The topological polar surface area (TPSA) is 99.8 Å². The van der Waals surface area contributed by atoms with Gasteiger partial charge in [0.15, 0.2) is 15.5 Å². The lowest BCUT2D eigenvalue weighted by molar-refractivity contribution is 0.266. The molecule has 0 aliphatic carbocycles. The Hall–Kier alpha value is -2.17. The van der Waals surface area contributed by atoms with Gasteiger partial charge in [-0.1, -0.05) is 0 Å². The lowest BCUT2D eigenvalue weighted by atomic mass is 10.2. The second kappa shape index (κ2) is 7.34. The molecule has 148 valence electrons. The normalized spacial score (nSPS) is 17.4. The number of nitrogens with zero attached hydrogens (tertiary/aromatic N) is 4. The van der Waals surface area contributed by atoms with Crippen LogP contribution in [0.2, 0.25) is 0 Å². The fourth-order valence-electron chi connectivity index (χ4n) is 3.42. The molecule has 8 nitrogen and oxygen atoms in total. The molecule has 4 rings (SSSR count). The van der Waals surface area contributed by atoms with Crippen LogP contribution in [0.3, 0.4) is 0 Å². The van der Waals surface area contributed by atoms with Crippen LogP contribution in [0.5, 0.6) is 0 Å². The van der Waals surface area contributed by atoms with Crippen molar-refractivity contribution in [1.82, 2.24) is 14.6 Å². The summed E-state index contributed by atoms with van der Waals surface area (Å²) < 4.78 is 25.8. The average Bonchev–Trinajstić information content (AvgIpc) is 3.28. The average molecular weight is 466 g/mol. The van der Waals surface area contributed by atoms with E-state index in [0.29, 0.717) is 11.5 Å². The van der Waals surface area contributed by atoms with Gasteiger partial charge in [-0.15, -0.1) is 0 Å². The Morgan fingerprint density at radius 1 is 1.32 bits per heavy atom. The van der Waals surface area contributed by atoms with Crippen LogP contribution >= 0.6 is 15.9 Å². The second-order valence-corrected chi connectivity index (χ2v) is 9.69. The number of nitrogens with one attached hydrogen (secondary N) is 1. The molecule has 3 heterocycles. The van der Waals surface area contributed by atoms with Gasteiger partial charge in [0.2, 0.25) is 0 Å². The van der Waals surface area contributed by atoms with Crippen molar-refractivity contribution < 1.29 is 13.5 Å². The van der Waals surface area contributed by atoms with E-state index in [-0.39, 0.29) is 17.5 Å². The molecular weight excluding hydrogens is 446 g/mol. The minimum absolute atomic E-state index is 0.0542. The summed E-state index contributed by atoms with van der Waals surface area (Å²) in [5, 5.41) is 17.3. The second-order valence-electron chi connectivity index (χ2n) is 6.82. The number of benzene rings is 1. The molecule has 0 unspecified atom stereocenters. The highest BCUT2D eigenvalue weighted by Gasteiger charge is 2.26. The summed E-state index contributed by atoms with van der Waals surface area (Å²) in [5.74, 6) is 1.46. The summed E-state index contributed by atoms with van der Waals surface area (Å²) in [5.41, 5.74) is 1.40. The van der Waals surface area contributed by atoms with Crippen LogP contribution in [-0.4, -0.2) is 53.6 Å². The zero-order chi connectivity index (χ0) is 19.9. The third-order valence-corrected chi connectivity index (χ3v) is 6.54. The molecule has 0 amide bonds. The molecule has 1 aliphatic heterocycles. The van der Waals surface area contributed by atoms with E-state index in [1.807, 2.05) is 6.07 Å². The fourth-order valence-corrected chi connectivity index (χ4v) is 4.40. The highest BCUT2D eigenvalue weighted by molar-refractivity contribution is 9.10. The van der Waals surface area contributed by atoms with Gasteiger partial charge in [0, 0.05) is 24.6 Å². The Kier molecular flexibility index (Phi) is 5.02. The molecule has 1 aliphatic rings. The third kappa shape index (κ3) is 3.59. The van der Waals surface area contributed by atoms with E-state index in [1.165, 1.54) is 6.26 Å². The summed E-state index contributed by atoms with van der Waals surface area (Å²) >= 11 is 3.48. The minimum Gasteiger partial charge on any atom is -0.394 e. The third-order valence-electron chi connectivity index (χ3n) is 4.85. The number of halogens is 1. The number of aromatic nitrogens is 3. The van der Waals surface area contributed by atoms with Crippen molar-refractivity contribution in [2.75, 3.05) is 29.6 Å². The molecule has 1 atom stereocenters. The summed E-state index contributed by atoms with van der Waals surface area (Å²) in [6.45, 7) is 0.922. The van der Waals surface area contributed by atoms with Crippen molar-refractivity contribution in [3.63, 3.8) is 0 Å². The SMILES string of the molecule is CS(=O)(=O)c1ccc(Nc2cc(N3CCC[C@@H]3CO)nc3c(Br)cnn23)cc1. The maximum Gasteiger partial charge on any atom is 0.175 e. The van der Waals surface area contributed by atoms with Gasteiger partial charge in [-0.3, -0.25) is 0 Å². The van der Waals surface area contributed by atoms with Gasteiger partial charge >= 0.3 is 0 Å². The van der Waals surface area contributed by atoms with Gasteiger partial charge in [-0.25, -0.2) is 13.4 Å². The van der Waals surface area contributed by atoms with E-state index in [1.54, 1.807) is 35.0 Å². The zero-order valence-corrected chi connectivity index (χ0v) is 17.6. The molecule has 0 bridgehead atoms. The van der Waals surface area contributed by atoms with Crippen LogP contribution in [0, 0.1) is 0 Å². The largest absolute Gasteiger partial charge is 0.394 e. The number of aliphatic hydroxyl groups excluding tert-OH is 1. The summed E-state index contributed by atoms with van der Waals surface area (Å²) in [4.78, 5) is 7.09. The molecule has 10 heteroatoms. The molecule has 2 N–H and O–H groups in total. The first-order valence-corrected chi connectivity index (χ1v) is 11.5. The van der Waals surface area contributed by atoms with E-state index in [4.69, 9.17) is 4.98 Å². The van der Waals surface area contributed by atoms with Crippen LogP contribution in [0.15, 0.2) is 45.9 Å². The molecule has 0 radical (unpaired) electrons. The van der Waals surface area contributed by atoms with Crippen LogP contribution in [0.4, 0.5) is 17.3 Å². The molecule has 1 saturated heterocycles. The molecular formula is C18H20BrN5O3S. The molecule has 3 aromatic rings. The number of anilines is 3. The summed E-state index contributed by atoms with van der Waals surface area (Å²) in [6, 6.07) is 8.51. The van der Waals surface area contributed by atoms with Gasteiger partial charge in [0.1, 0.15) is 11.6 Å². The predicted octanol–water partition coefficient (Wildman–Crippen LogP) is 2.60. The van der Waals surface area contributed by atoms with E-state index in [0.717, 1.165) is 35.4 Å². The predicted molar refractivity (Wildman–Crippen MR) is 111 cm³/mol. The fraction of sp³-hybridized carbons (Fsp3) is 0.333. The van der Waals surface area contributed by atoms with Gasteiger partial charge in [-0.05, 0) is 53.0 Å². The van der Waals surface area contributed by atoms with Crippen LogP contribution < -0.4 is 10.2 Å². The van der Waals surface area contributed by atoms with Gasteiger partial charge in [0.25, 0.3) is 0 Å². The monoisotopic (exact) mass is 465 g/mol. The molecule has 1 aromatic carbocycles. The van der Waals surface area contributed by atoms with Gasteiger partial charge in [-0.2, -0.15) is 9.61 Å². The van der Waals surface area contributed by atoms with Crippen molar-refractivity contribution in [2.24, 2.45) is 0 Å². The molecule has 2 aromatic heterocycles. The number of fused-ring (bicyclic) bond motifs is 1. The van der Waals surface area contributed by atoms with Crippen molar-refractivity contribution in [3.05, 3.63) is 41.0 Å². The zero-order valence-electron chi connectivity index (χ0n) is 15.2. The number of hydrogen-bond donors (Lipinski definition) is 2. The summed E-state index contributed by atoms with van der Waals surface area (Å²) in [6.07, 6.45) is 4.80. The first-order valence-electron chi connectivity index (χ1n) is 8.86. The van der Waals surface area contributed by atoms with Crippen LogP contribution in [0.1, 0.15) is 12.8 Å². The van der Waals surface area contributed by atoms with E-state index < -0.39 is 9.84 Å². The quantitative estimate of drug-likeness (QED) is 0.596. The first-order chi connectivity index (χ1) is 13.4. The van der Waals surface area contributed by atoms with Crippen LogP contribution in [-0.2, 0) is 9.84 Å². The Morgan fingerprint density at radius 3 is 2.75 bits per heavy atom. The maximum atomic E-state index is 11.7. The van der Waals surface area contributed by atoms with E-state index >= 15 is 0 Å². The van der Waals surface area contributed by atoms with Crippen molar-refractivity contribution in [1.29, 1.82) is 0 Å². The molecule has 28 heavy (non-hydrogen) atoms.